The summed E-state index contributed by atoms with van der Waals surface area (Å²) in [5, 5.41) is 17.7. The van der Waals surface area contributed by atoms with Crippen LogP contribution in [-0.4, -0.2) is 21.3 Å². The Balaban J connectivity index is 2.50. The number of aliphatic hydroxyl groups is 1. The highest BCUT2D eigenvalue weighted by Crippen LogP contribution is 2.22. The summed E-state index contributed by atoms with van der Waals surface area (Å²) < 4.78 is 2.11. The fraction of sp³-hybridized carbons (Fsp3) is 0.467. The van der Waals surface area contributed by atoms with Crippen molar-refractivity contribution in [3.63, 3.8) is 0 Å². The minimum atomic E-state index is 0.166. The zero-order chi connectivity index (χ0) is 13.8. The molecule has 4 heteroatoms. The van der Waals surface area contributed by atoms with E-state index >= 15 is 0 Å². The molecule has 2 aromatic rings. The van der Waals surface area contributed by atoms with Crippen molar-refractivity contribution in [2.24, 2.45) is 0 Å². The lowest BCUT2D eigenvalue weighted by Crippen LogP contribution is -2.04. The first kappa shape index (κ1) is 13.6. The van der Waals surface area contributed by atoms with E-state index in [1.165, 1.54) is 11.1 Å². The molecule has 0 spiro atoms. The molecule has 0 unspecified atom stereocenters. The van der Waals surface area contributed by atoms with E-state index in [9.17, 15) is 0 Å². The van der Waals surface area contributed by atoms with Gasteiger partial charge in [-0.05, 0) is 43.5 Å². The van der Waals surface area contributed by atoms with E-state index in [1.54, 1.807) is 0 Å². The van der Waals surface area contributed by atoms with Gasteiger partial charge in [-0.1, -0.05) is 0 Å². The van der Waals surface area contributed by atoms with Gasteiger partial charge in [0.15, 0.2) is 0 Å². The smallest absolute Gasteiger partial charge is 0.109 e. The zero-order valence-corrected chi connectivity index (χ0v) is 11.5. The summed E-state index contributed by atoms with van der Waals surface area (Å²) in [6.07, 6.45) is 1.92. The molecule has 0 saturated heterocycles. The van der Waals surface area contributed by atoms with Crippen LogP contribution in [0.3, 0.4) is 0 Å². The molecule has 0 saturated carbocycles. The van der Waals surface area contributed by atoms with Crippen LogP contribution in [0.25, 0.3) is 11.0 Å². The number of imidazole rings is 1. The molecule has 0 amide bonds. The Morgan fingerprint density at radius 2 is 2.05 bits per heavy atom. The summed E-state index contributed by atoms with van der Waals surface area (Å²) in [6, 6.07) is 6.41. The predicted octanol–water partition coefficient (Wildman–Crippen LogP) is 2.49. The molecule has 1 aromatic carbocycles. The minimum absolute atomic E-state index is 0.166. The molecule has 1 N–H and O–H groups in total. The lowest BCUT2D eigenvalue weighted by Gasteiger charge is -2.07. The molecule has 0 fully saturated rings. The van der Waals surface area contributed by atoms with Crippen molar-refractivity contribution in [1.82, 2.24) is 9.55 Å². The first-order chi connectivity index (χ1) is 9.17. The van der Waals surface area contributed by atoms with E-state index in [0.29, 0.717) is 19.4 Å². The Labute approximate surface area is 113 Å². The molecule has 19 heavy (non-hydrogen) atoms. The van der Waals surface area contributed by atoms with Gasteiger partial charge in [0.25, 0.3) is 0 Å². The van der Waals surface area contributed by atoms with Crippen molar-refractivity contribution in [2.75, 3.05) is 6.61 Å². The maximum atomic E-state index is 8.97. The van der Waals surface area contributed by atoms with Crippen molar-refractivity contribution >= 4 is 11.0 Å². The average Bonchev–Trinajstić information content (AvgIpc) is 2.71. The third-order valence-electron chi connectivity index (χ3n) is 3.45. The van der Waals surface area contributed by atoms with E-state index < -0.39 is 0 Å². The van der Waals surface area contributed by atoms with Gasteiger partial charge in [0.2, 0.25) is 0 Å². The molecule has 0 radical (unpaired) electrons. The normalized spacial score (nSPS) is 10.8. The molecule has 0 aliphatic rings. The Hall–Kier alpha value is -1.86. The van der Waals surface area contributed by atoms with Crippen LogP contribution in [-0.2, 0) is 13.0 Å². The molecule has 0 aliphatic heterocycles. The maximum Gasteiger partial charge on any atom is 0.109 e. The van der Waals surface area contributed by atoms with Gasteiger partial charge in [-0.15, -0.1) is 0 Å². The van der Waals surface area contributed by atoms with E-state index in [-0.39, 0.29) is 6.61 Å². The van der Waals surface area contributed by atoms with E-state index in [2.05, 4.69) is 41.6 Å². The fourth-order valence-electron chi connectivity index (χ4n) is 2.27. The van der Waals surface area contributed by atoms with Crippen LogP contribution in [0.4, 0.5) is 0 Å². The van der Waals surface area contributed by atoms with Crippen molar-refractivity contribution in [3.05, 3.63) is 29.1 Å². The highest BCUT2D eigenvalue weighted by molar-refractivity contribution is 5.78. The van der Waals surface area contributed by atoms with Crippen LogP contribution in [0.15, 0.2) is 12.1 Å². The van der Waals surface area contributed by atoms with Crippen LogP contribution >= 0.6 is 0 Å². The third-order valence-corrected chi connectivity index (χ3v) is 3.45. The van der Waals surface area contributed by atoms with Gasteiger partial charge in [0.05, 0.1) is 23.5 Å². The SMILES string of the molecule is Cc1cc2nc(CCCO)n(CCC#N)c2cc1C. The monoisotopic (exact) mass is 257 g/mol. The van der Waals surface area contributed by atoms with Crippen LogP contribution < -0.4 is 0 Å². The second-order valence-corrected chi connectivity index (χ2v) is 4.84. The van der Waals surface area contributed by atoms with E-state index in [1.807, 2.05) is 0 Å². The first-order valence-electron chi connectivity index (χ1n) is 6.61. The molecule has 0 atom stereocenters. The van der Waals surface area contributed by atoms with Gasteiger partial charge in [-0.25, -0.2) is 4.98 Å². The molecule has 0 aliphatic carbocycles. The number of fused-ring (bicyclic) bond motifs is 1. The fourth-order valence-corrected chi connectivity index (χ4v) is 2.27. The predicted molar refractivity (Wildman–Crippen MR) is 74.8 cm³/mol. The number of aryl methyl sites for hydroxylation is 4. The van der Waals surface area contributed by atoms with Gasteiger partial charge < -0.3 is 9.67 Å². The maximum absolute atomic E-state index is 8.97. The number of benzene rings is 1. The van der Waals surface area contributed by atoms with Gasteiger partial charge in [0.1, 0.15) is 5.82 Å². The van der Waals surface area contributed by atoms with Crippen molar-refractivity contribution < 1.29 is 5.11 Å². The average molecular weight is 257 g/mol. The summed E-state index contributed by atoms with van der Waals surface area (Å²) in [6.45, 7) is 5.00. The quantitative estimate of drug-likeness (QED) is 0.895. The second-order valence-electron chi connectivity index (χ2n) is 4.84. The molecule has 0 bridgehead atoms. The molecular weight excluding hydrogens is 238 g/mol. The van der Waals surface area contributed by atoms with Gasteiger partial charge in [-0.3, -0.25) is 0 Å². The standard InChI is InChI=1S/C15H19N3O/c1-11-9-13-14(10-12(11)2)18(7-4-6-16)15(17-13)5-3-8-19/h9-10,19H,3-5,7-8H2,1-2H3. The number of hydrogen-bond acceptors (Lipinski definition) is 3. The highest BCUT2D eigenvalue weighted by atomic mass is 16.2. The summed E-state index contributed by atoms with van der Waals surface area (Å²) in [5.41, 5.74) is 4.53. The summed E-state index contributed by atoms with van der Waals surface area (Å²) in [4.78, 5) is 4.65. The topological polar surface area (TPSA) is 61.8 Å². The van der Waals surface area contributed by atoms with Crippen LogP contribution in [0.5, 0.6) is 0 Å². The third kappa shape index (κ3) is 2.77. The Morgan fingerprint density at radius 3 is 2.74 bits per heavy atom. The van der Waals surface area contributed by atoms with Crippen LogP contribution in [0, 0.1) is 25.2 Å². The summed E-state index contributed by atoms with van der Waals surface area (Å²) >= 11 is 0. The molecular formula is C15H19N3O. The van der Waals surface area contributed by atoms with Crippen LogP contribution in [0.1, 0.15) is 29.8 Å². The number of aromatic nitrogens is 2. The van der Waals surface area contributed by atoms with Gasteiger partial charge >= 0.3 is 0 Å². The number of aliphatic hydroxyl groups excluding tert-OH is 1. The van der Waals surface area contributed by atoms with E-state index in [0.717, 1.165) is 23.3 Å². The largest absolute Gasteiger partial charge is 0.396 e. The van der Waals surface area contributed by atoms with Crippen molar-refractivity contribution in [2.45, 2.75) is 39.7 Å². The summed E-state index contributed by atoms with van der Waals surface area (Å²) in [5.74, 6) is 0.962. The number of rotatable bonds is 5. The molecule has 1 heterocycles. The molecule has 2 rings (SSSR count). The Morgan fingerprint density at radius 1 is 1.32 bits per heavy atom. The second kappa shape index (κ2) is 5.85. The van der Waals surface area contributed by atoms with Gasteiger partial charge in [0, 0.05) is 19.6 Å². The number of nitriles is 1. The highest BCUT2D eigenvalue weighted by Gasteiger charge is 2.11. The van der Waals surface area contributed by atoms with Crippen LogP contribution in [0.2, 0.25) is 0 Å². The van der Waals surface area contributed by atoms with E-state index in [4.69, 9.17) is 10.4 Å². The number of nitrogens with zero attached hydrogens (tertiary/aromatic N) is 3. The molecule has 4 nitrogen and oxygen atoms in total. The molecule has 1 aromatic heterocycles. The van der Waals surface area contributed by atoms with Gasteiger partial charge in [-0.2, -0.15) is 5.26 Å². The Bertz CT molecular complexity index is 622. The first-order valence-corrected chi connectivity index (χ1v) is 6.61. The van der Waals surface area contributed by atoms with Crippen molar-refractivity contribution in [3.8, 4) is 6.07 Å². The summed E-state index contributed by atoms with van der Waals surface area (Å²) in [7, 11) is 0. The van der Waals surface area contributed by atoms with Crippen molar-refractivity contribution in [1.29, 1.82) is 5.26 Å². The lowest BCUT2D eigenvalue weighted by molar-refractivity contribution is 0.287. The number of hydrogen-bond donors (Lipinski definition) is 1. The lowest BCUT2D eigenvalue weighted by atomic mass is 10.1. The zero-order valence-electron chi connectivity index (χ0n) is 11.5. The molecule has 100 valence electrons. The minimum Gasteiger partial charge on any atom is -0.396 e. The Kier molecular flexibility index (Phi) is 4.18.